The zero-order valence-corrected chi connectivity index (χ0v) is 36.9. The number of rotatable bonds is 7. The van der Waals surface area contributed by atoms with Gasteiger partial charge in [-0.3, -0.25) is 0 Å². The molecule has 2 heterocycles. The third-order valence-corrected chi connectivity index (χ3v) is 14.3. The molecule has 2 aromatic heterocycles. The first-order chi connectivity index (χ1) is 32.4. The molecule has 13 rings (SSSR count). The summed E-state index contributed by atoms with van der Waals surface area (Å²) in [6.45, 7) is 4.73. The van der Waals surface area contributed by atoms with E-state index in [4.69, 9.17) is 8.83 Å². The molecule has 3 heteroatoms. The largest absolute Gasteiger partial charge is 0.456 e. The summed E-state index contributed by atoms with van der Waals surface area (Å²) in [6.07, 6.45) is 6.54. The second-order valence-electron chi connectivity index (χ2n) is 18.4. The van der Waals surface area contributed by atoms with Gasteiger partial charge in [0.2, 0.25) is 0 Å². The lowest BCUT2D eigenvalue weighted by molar-refractivity contribution is 0.660. The minimum absolute atomic E-state index is 0.0973. The van der Waals surface area contributed by atoms with Crippen molar-refractivity contribution in [2.45, 2.75) is 32.1 Å². The molecular weight excluding hydrogens is 803 g/mol. The first kappa shape index (κ1) is 38.3. The summed E-state index contributed by atoms with van der Waals surface area (Å²) in [5.74, 6) is 0. The Labute approximate surface area is 384 Å². The maximum absolute atomic E-state index is 6.10. The van der Waals surface area contributed by atoms with Crippen LogP contribution >= 0.6 is 0 Å². The van der Waals surface area contributed by atoms with Crippen molar-refractivity contribution < 1.29 is 8.83 Å². The van der Waals surface area contributed by atoms with Crippen molar-refractivity contribution in [3.8, 4) is 44.5 Å². The molecule has 2 aliphatic rings. The van der Waals surface area contributed by atoms with Gasteiger partial charge in [0.15, 0.2) is 0 Å². The fourth-order valence-electron chi connectivity index (χ4n) is 10.7. The number of allylic oxidation sites excluding steroid dienone is 4. The second kappa shape index (κ2) is 15.0. The van der Waals surface area contributed by atoms with Gasteiger partial charge < -0.3 is 13.7 Å². The van der Waals surface area contributed by atoms with E-state index in [9.17, 15) is 0 Å². The topological polar surface area (TPSA) is 29.5 Å². The molecule has 0 saturated heterocycles. The zero-order chi connectivity index (χ0) is 43.9. The molecule has 3 nitrogen and oxygen atoms in total. The smallest absolute Gasteiger partial charge is 0.135 e. The van der Waals surface area contributed by atoms with Crippen LogP contribution in [0.5, 0.6) is 0 Å². The Morgan fingerprint density at radius 3 is 1.42 bits per heavy atom. The molecule has 66 heavy (non-hydrogen) atoms. The zero-order valence-electron chi connectivity index (χ0n) is 36.9. The van der Waals surface area contributed by atoms with Crippen LogP contribution in [-0.2, 0) is 5.41 Å². The Morgan fingerprint density at radius 2 is 0.833 bits per heavy atom. The number of benzene rings is 9. The van der Waals surface area contributed by atoms with Crippen molar-refractivity contribution in [1.82, 2.24) is 0 Å². The summed E-state index contributed by atoms with van der Waals surface area (Å²) < 4.78 is 12.2. The molecule has 2 aliphatic carbocycles. The van der Waals surface area contributed by atoms with E-state index in [1.54, 1.807) is 0 Å². The highest BCUT2D eigenvalue weighted by molar-refractivity contribution is 6.07. The van der Waals surface area contributed by atoms with Gasteiger partial charge in [-0.05, 0) is 146 Å². The maximum atomic E-state index is 6.10. The molecular formula is C63H45NO2. The van der Waals surface area contributed by atoms with Crippen LogP contribution in [0.4, 0.5) is 11.4 Å². The third-order valence-electron chi connectivity index (χ3n) is 14.3. The number of anilines is 2. The van der Waals surface area contributed by atoms with Gasteiger partial charge in [-0.25, -0.2) is 0 Å². The molecule has 0 N–H and O–H groups in total. The summed E-state index contributed by atoms with van der Waals surface area (Å²) in [5.41, 5.74) is 22.4. The lowest BCUT2D eigenvalue weighted by atomic mass is 9.82. The molecule has 0 bridgehead atoms. The molecule has 0 spiro atoms. The molecule has 0 atom stereocenters. The number of nitrogens with zero attached hydrogens (tertiary/aromatic N) is 1. The Kier molecular flexibility index (Phi) is 8.69. The van der Waals surface area contributed by atoms with Gasteiger partial charge >= 0.3 is 0 Å². The minimum atomic E-state index is -0.0973. The Balaban J connectivity index is 0.817. The monoisotopic (exact) mass is 847 g/mol. The number of hydrogen-bond donors (Lipinski definition) is 0. The summed E-state index contributed by atoms with van der Waals surface area (Å²) in [4.78, 5) is 2.48. The highest BCUT2D eigenvalue weighted by atomic mass is 16.3. The van der Waals surface area contributed by atoms with Crippen LogP contribution in [0.3, 0.4) is 0 Å². The van der Waals surface area contributed by atoms with Crippen LogP contribution in [0.2, 0.25) is 0 Å². The predicted octanol–water partition coefficient (Wildman–Crippen LogP) is 17.7. The van der Waals surface area contributed by atoms with Gasteiger partial charge in [0, 0.05) is 44.0 Å². The van der Waals surface area contributed by atoms with Gasteiger partial charge in [0.25, 0.3) is 0 Å². The van der Waals surface area contributed by atoms with E-state index in [-0.39, 0.29) is 5.41 Å². The SMILES string of the molecule is CC1(C)c2ccccc2-c2ccc(N(C3=CC=C(c4ccc(-c5ccc6oc7ccccc7c6c5)cc4)CC3)c3ccc(-c4ccc(-c5ccc6oc7ccccc7c6c5)cc4)cc3)cc21. The van der Waals surface area contributed by atoms with Crippen molar-refractivity contribution in [2.24, 2.45) is 0 Å². The molecule has 0 unspecified atom stereocenters. The van der Waals surface area contributed by atoms with E-state index in [0.717, 1.165) is 62.4 Å². The van der Waals surface area contributed by atoms with Crippen molar-refractivity contribution in [3.63, 3.8) is 0 Å². The standard InChI is InChI=1S/C63H45NO2/c1-63(2)57-12-6-3-9-51(57)52-34-33-50(39-58(52)63)64(48-29-23-42(24-30-48)40-15-19-44(20-16-40)46-27-35-61-55(37-46)53-10-4-7-13-59(53)65-61)49-31-25-43(26-32-49)41-17-21-45(22-18-41)47-28-36-62-56(38-47)54-11-5-8-14-60(54)66-62/h3-25,27-31,33-39H,26,32H2,1-2H3. The highest BCUT2D eigenvalue weighted by Crippen LogP contribution is 2.51. The van der Waals surface area contributed by atoms with Crippen LogP contribution in [0.25, 0.3) is 94.0 Å². The van der Waals surface area contributed by atoms with Gasteiger partial charge in [0.1, 0.15) is 22.3 Å². The average molecular weight is 848 g/mol. The second-order valence-corrected chi connectivity index (χ2v) is 18.4. The van der Waals surface area contributed by atoms with Gasteiger partial charge in [-0.15, -0.1) is 0 Å². The fraction of sp³-hybridized carbons (Fsp3) is 0.0794. The van der Waals surface area contributed by atoms with Crippen molar-refractivity contribution in [3.05, 3.63) is 235 Å². The molecule has 0 fully saturated rings. The first-order valence-corrected chi connectivity index (χ1v) is 23.0. The van der Waals surface area contributed by atoms with Gasteiger partial charge in [-0.1, -0.05) is 159 Å². The molecule has 11 aromatic rings. The normalized spacial score (nSPS) is 14.1. The minimum Gasteiger partial charge on any atom is -0.456 e. The van der Waals surface area contributed by atoms with E-state index in [2.05, 4.69) is 207 Å². The first-order valence-electron chi connectivity index (χ1n) is 23.0. The lowest BCUT2D eigenvalue weighted by Gasteiger charge is -2.31. The summed E-state index contributed by atoms with van der Waals surface area (Å²) in [5, 5.41) is 4.60. The Hall–Kier alpha value is -8.14. The Bertz CT molecular complexity index is 3760. The molecule has 0 amide bonds. The summed E-state index contributed by atoms with van der Waals surface area (Å²) in [7, 11) is 0. The summed E-state index contributed by atoms with van der Waals surface area (Å²) >= 11 is 0. The molecule has 0 aliphatic heterocycles. The lowest BCUT2D eigenvalue weighted by Crippen LogP contribution is -2.20. The van der Waals surface area contributed by atoms with E-state index < -0.39 is 0 Å². The third kappa shape index (κ3) is 6.26. The Morgan fingerprint density at radius 1 is 0.364 bits per heavy atom. The van der Waals surface area contributed by atoms with E-state index >= 15 is 0 Å². The highest BCUT2D eigenvalue weighted by Gasteiger charge is 2.36. The summed E-state index contributed by atoms with van der Waals surface area (Å²) in [6, 6.07) is 72.7. The van der Waals surface area contributed by atoms with Crippen molar-refractivity contribution in [1.29, 1.82) is 0 Å². The molecule has 0 saturated carbocycles. The maximum Gasteiger partial charge on any atom is 0.135 e. The van der Waals surface area contributed by atoms with E-state index in [0.29, 0.717) is 0 Å². The molecule has 0 radical (unpaired) electrons. The van der Waals surface area contributed by atoms with Crippen LogP contribution in [0.15, 0.2) is 227 Å². The van der Waals surface area contributed by atoms with E-state index in [1.807, 2.05) is 24.3 Å². The quantitative estimate of drug-likeness (QED) is 0.160. The predicted molar refractivity (Wildman–Crippen MR) is 275 cm³/mol. The molecule has 9 aromatic carbocycles. The number of hydrogen-bond acceptors (Lipinski definition) is 3. The number of fused-ring (bicyclic) bond motifs is 9. The molecule has 314 valence electrons. The van der Waals surface area contributed by atoms with Crippen molar-refractivity contribution in [2.75, 3.05) is 4.90 Å². The van der Waals surface area contributed by atoms with Gasteiger partial charge in [-0.2, -0.15) is 0 Å². The van der Waals surface area contributed by atoms with E-state index in [1.165, 1.54) is 78.2 Å². The number of furan rings is 2. The number of para-hydroxylation sites is 2. The van der Waals surface area contributed by atoms with Crippen LogP contribution < -0.4 is 4.90 Å². The van der Waals surface area contributed by atoms with Crippen LogP contribution in [-0.4, -0.2) is 0 Å². The van der Waals surface area contributed by atoms with Crippen molar-refractivity contribution >= 4 is 60.8 Å². The fourth-order valence-corrected chi connectivity index (χ4v) is 10.7. The van der Waals surface area contributed by atoms with Crippen LogP contribution in [0, 0.1) is 0 Å². The van der Waals surface area contributed by atoms with Gasteiger partial charge in [0.05, 0.1) is 0 Å². The van der Waals surface area contributed by atoms with Crippen LogP contribution in [0.1, 0.15) is 43.4 Å². The average Bonchev–Trinajstić information content (AvgIpc) is 4.01.